The van der Waals surface area contributed by atoms with Gasteiger partial charge in [0.05, 0.1) is 12.9 Å². The van der Waals surface area contributed by atoms with E-state index in [0.29, 0.717) is 6.61 Å². The van der Waals surface area contributed by atoms with Crippen LogP contribution in [0.2, 0.25) is 0 Å². The Labute approximate surface area is 91.7 Å². The van der Waals surface area contributed by atoms with Crippen LogP contribution in [-0.2, 0) is 9.53 Å². The number of ether oxygens (including phenoxy) is 1. The number of hydrogen-bond acceptors (Lipinski definition) is 3. The molecule has 0 spiro atoms. The molecule has 0 aromatic rings. The van der Waals surface area contributed by atoms with Crippen molar-refractivity contribution < 1.29 is 9.53 Å². The Morgan fingerprint density at radius 3 is 2.40 bits per heavy atom. The average Bonchev–Trinajstić information content (AvgIpc) is 2.16. The predicted molar refractivity (Wildman–Crippen MR) is 60.3 cm³/mol. The lowest BCUT2D eigenvalue weighted by atomic mass is 9.70. The predicted octanol–water partition coefficient (Wildman–Crippen LogP) is 2.01. The molecule has 15 heavy (non-hydrogen) atoms. The topological polar surface area (TPSA) is 52.3 Å². The lowest BCUT2D eigenvalue weighted by Crippen LogP contribution is -2.52. The highest BCUT2D eigenvalue weighted by molar-refractivity contribution is 6.00. The number of Topliss-reactive ketones (excluding diaryl/α,β-unsaturated/α-hetero) is 1. The summed E-state index contributed by atoms with van der Waals surface area (Å²) >= 11 is 0. The Hall–Kier alpha value is -0.830. The zero-order valence-corrected chi connectivity index (χ0v) is 10.1. The molecule has 1 rings (SSSR count). The summed E-state index contributed by atoms with van der Waals surface area (Å²) in [6.07, 6.45) is 3.32. The van der Waals surface area contributed by atoms with Gasteiger partial charge in [-0.2, -0.15) is 0 Å². The van der Waals surface area contributed by atoms with Gasteiger partial charge in [-0.3, -0.25) is 4.79 Å². The van der Waals surface area contributed by atoms with Crippen LogP contribution in [0, 0.1) is 5.41 Å². The molecular formula is C12H21NO2. The molecular weight excluding hydrogens is 190 g/mol. The summed E-state index contributed by atoms with van der Waals surface area (Å²) in [5, 5.41) is 0. The van der Waals surface area contributed by atoms with Gasteiger partial charge in [-0.25, -0.2) is 0 Å². The lowest BCUT2D eigenvalue weighted by Gasteiger charge is -2.37. The molecule has 2 N–H and O–H groups in total. The molecule has 0 amide bonds. The maximum absolute atomic E-state index is 12.2. The first-order chi connectivity index (χ1) is 6.77. The Bertz CT molecular complexity index is 284. The van der Waals surface area contributed by atoms with Gasteiger partial charge in [0.15, 0.2) is 5.78 Å². The minimum Gasteiger partial charge on any atom is -0.501 e. The molecule has 1 aliphatic rings. The summed E-state index contributed by atoms with van der Waals surface area (Å²) in [6.45, 7) is 8.27. The quantitative estimate of drug-likeness (QED) is 0.777. The molecule has 3 heteroatoms. The van der Waals surface area contributed by atoms with Crippen LogP contribution in [0.3, 0.4) is 0 Å². The van der Waals surface area contributed by atoms with Gasteiger partial charge < -0.3 is 10.5 Å². The lowest BCUT2D eigenvalue weighted by molar-refractivity contribution is -0.126. The van der Waals surface area contributed by atoms with Gasteiger partial charge in [0.1, 0.15) is 0 Å². The summed E-state index contributed by atoms with van der Waals surface area (Å²) in [6, 6.07) is 0. The minimum absolute atomic E-state index is 0.106. The standard InChI is InChI=1S/C12H21NO2/c1-11(2,12(3,4)13)10(14)9-6-5-7-15-8-9/h8H,5-7,13H2,1-4H3. The summed E-state index contributed by atoms with van der Waals surface area (Å²) < 4.78 is 5.19. The molecule has 0 unspecified atom stereocenters. The van der Waals surface area contributed by atoms with E-state index in [1.54, 1.807) is 6.26 Å². The first-order valence-corrected chi connectivity index (χ1v) is 5.41. The minimum atomic E-state index is -0.556. The van der Waals surface area contributed by atoms with E-state index >= 15 is 0 Å². The van der Waals surface area contributed by atoms with Crippen molar-refractivity contribution in [2.45, 2.75) is 46.1 Å². The maximum Gasteiger partial charge on any atom is 0.169 e. The molecule has 0 saturated heterocycles. The van der Waals surface area contributed by atoms with Gasteiger partial charge >= 0.3 is 0 Å². The second kappa shape index (κ2) is 3.97. The van der Waals surface area contributed by atoms with Crippen LogP contribution in [0.1, 0.15) is 40.5 Å². The van der Waals surface area contributed by atoms with E-state index in [4.69, 9.17) is 10.5 Å². The zero-order chi connectivity index (χ0) is 11.7. The fraction of sp³-hybridized carbons (Fsp3) is 0.750. The van der Waals surface area contributed by atoms with Crippen LogP contribution in [-0.4, -0.2) is 17.9 Å². The fourth-order valence-corrected chi connectivity index (χ4v) is 1.43. The number of ketones is 1. The molecule has 1 heterocycles. The van der Waals surface area contributed by atoms with Crippen molar-refractivity contribution in [1.29, 1.82) is 0 Å². The second-order valence-corrected chi connectivity index (χ2v) is 5.29. The van der Waals surface area contributed by atoms with Crippen molar-refractivity contribution in [2.24, 2.45) is 11.1 Å². The van der Waals surface area contributed by atoms with Gasteiger partial charge in [0.2, 0.25) is 0 Å². The number of carbonyl (C=O) groups excluding carboxylic acids is 1. The van der Waals surface area contributed by atoms with Crippen molar-refractivity contribution in [3.05, 3.63) is 11.8 Å². The summed E-state index contributed by atoms with van der Waals surface area (Å²) in [4.78, 5) is 12.2. The van der Waals surface area contributed by atoms with Gasteiger partial charge in [0.25, 0.3) is 0 Å². The molecule has 86 valence electrons. The highest BCUT2D eigenvalue weighted by Crippen LogP contribution is 2.33. The molecule has 0 aromatic carbocycles. The van der Waals surface area contributed by atoms with Gasteiger partial charge in [0, 0.05) is 16.5 Å². The van der Waals surface area contributed by atoms with Crippen LogP contribution in [0.15, 0.2) is 11.8 Å². The monoisotopic (exact) mass is 211 g/mol. The SMILES string of the molecule is CC(C)(N)C(C)(C)C(=O)C1=COCCC1. The van der Waals surface area contributed by atoms with E-state index in [1.807, 2.05) is 27.7 Å². The van der Waals surface area contributed by atoms with E-state index in [9.17, 15) is 4.79 Å². The molecule has 0 aliphatic carbocycles. The number of hydrogen-bond donors (Lipinski definition) is 1. The van der Waals surface area contributed by atoms with Gasteiger partial charge in [-0.15, -0.1) is 0 Å². The number of carbonyl (C=O) groups is 1. The Kier molecular flexibility index (Phi) is 3.24. The number of rotatable bonds is 3. The van der Waals surface area contributed by atoms with Crippen LogP contribution in [0.25, 0.3) is 0 Å². The molecule has 0 aromatic heterocycles. The van der Waals surface area contributed by atoms with Crippen LogP contribution < -0.4 is 5.73 Å². The van der Waals surface area contributed by atoms with E-state index < -0.39 is 11.0 Å². The van der Waals surface area contributed by atoms with Crippen LogP contribution in [0.5, 0.6) is 0 Å². The summed E-state index contributed by atoms with van der Waals surface area (Å²) in [7, 11) is 0. The summed E-state index contributed by atoms with van der Waals surface area (Å²) in [5.74, 6) is 0.106. The van der Waals surface area contributed by atoms with E-state index in [2.05, 4.69) is 0 Å². The van der Waals surface area contributed by atoms with Crippen LogP contribution >= 0.6 is 0 Å². The Balaban J connectivity index is 2.88. The molecule has 0 atom stereocenters. The van der Waals surface area contributed by atoms with Crippen molar-refractivity contribution >= 4 is 5.78 Å². The molecule has 3 nitrogen and oxygen atoms in total. The number of allylic oxidation sites excluding steroid dienone is 1. The maximum atomic E-state index is 12.2. The third kappa shape index (κ3) is 2.40. The smallest absolute Gasteiger partial charge is 0.169 e. The average molecular weight is 211 g/mol. The van der Waals surface area contributed by atoms with Crippen molar-refractivity contribution in [3.63, 3.8) is 0 Å². The van der Waals surface area contributed by atoms with Gasteiger partial charge in [-0.05, 0) is 26.7 Å². The highest BCUT2D eigenvalue weighted by atomic mass is 16.5. The van der Waals surface area contributed by atoms with E-state index in [1.165, 1.54) is 0 Å². The molecule has 0 bridgehead atoms. The second-order valence-electron chi connectivity index (χ2n) is 5.29. The third-order valence-electron chi connectivity index (χ3n) is 3.40. The normalized spacial score (nSPS) is 18.1. The van der Waals surface area contributed by atoms with Crippen molar-refractivity contribution in [3.8, 4) is 0 Å². The highest BCUT2D eigenvalue weighted by Gasteiger charge is 2.41. The largest absolute Gasteiger partial charge is 0.501 e. The van der Waals surface area contributed by atoms with Gasteiger partial charge in [-0.1, -0.05) is 13.8 Å². The zero-order valence-electron chi connectivity index (χ0n) is 10.1. The van der Waals surface area contributed by atoms with E-state index in [0.717, 1.165) is 18.4 Å². The molecule has 1 aliphatic heterocycles. The Morgan fingerprint density at radius 1 is 1.40 bits per heavy atom. The van der Waals surface area contributed by atoms with Crippen molar-refractivity contribution in [2.75, 3.05) is 6.61 Å². The van der Waals surface area contributed by atoms with Crippen molar-refractivity contribution in [1.82, 2.24) is 0 Å². The first-order valence-electron chi connectivity index (χ1n) is 5.41. The first kappa shape index (κ1) is 12.2. The molecule has 0 saturated carbocycles. The number of nitrogens with two attached hydrogens (primary N) is 1. The van der Waals surface area contributed by atoms with Crippen LogP contribution in [0.4, 0.5) is 0 Å². The molecule has 0 radical (unpaired) electrons. The Morgan fingerprint density at radius 2 is 2.00 bits per heavy atom. The fourth-order valence-electron chi connectivity index (χ4n) is 1.43. The molecule has 0 fully saturated rings. The third-order valence-corrected chi connectivity index (χ3v) is 3.40. The van der Waals surface area contributed by atoms with E-state index in [-0.39, 0.29) is 5.78 Å². The summed E-state index contributed by atoms with van der Waals surface area (Å²) in [5.41, 5.74) is 5.72.